The molecule has 1 amide bonds. The van der Waals surface area contributed by atoms with Crippen LogP contribution in [0.5, 0.6) is 5.75 Å². The minimum absolute atomic E-state index is 0.00873. The molecule has 0 aliphatic carbocycles. The molecule has 1 atom stereocenters. The Bertz CT molecular complexity index is 1090. The highest BCUT2D eigenvalue weighted by molar-refractivity contribution is 6.36. The number of amides is 1. The molecule has 3 aromatic rings. The largest absolute Gasteiger partial charge is 0.469 e. The zero-order valence-corrected chi connectivity index (χ0v) is 16.3. The second-order valence-corrected chi connectivity index (χ2v) is 7.10. The third-order valence-corrected chi connectivity index (χ3v) is 5.19. The third kappa shape index (κ3) is 3.62. The number of anilines is 1. The standard InChI is InChI=1S/C20H13Cl2N3O4/c21-14-7-4-8-15(22)13(14)11-24-19-16(9-10-17(23-19)25(27)28)29-18(20(24)26)12-5-2-1-3-6-12/h1-10,18H,11H2. The lowest BCUT2D eigenvalue weighted by atomic mass is 10.1. The van der Waals surface area contributed by atoms with Crippen LogP contribution in [0.15, 0.2) is 60.7 Å². The second-order valence-electron chi connectivity index (χ2n) is 6.28. The first kappa shape index (κ1) is 19.2. The monoisotopic (exact) mass is 429 g/mol. The number of hydrogen-bond donors (Lipinski definition) is 0. The lowest BCUT2D eigenvalue weighted by Crippen LogP contribution is -2.41. The van der Waals surface area contributed by atoms with Crippen LogP contribution >= 0.6 is 23.2 Å². The minimum atomic E-state index is -0.923. The zero-order valence-electron chi connectivity index (χ0n) is 14.8. The lowest BCUT2D eigenvalue weighted by Gasteiger charge is -2.31. The minimum Gasteiger partial charge on any atom is -0.469 e. The summed E-state index contributed by atoms with van der Waals surface area (Å²) in [4.78, 5) is 29.2. The van der Waals surface area contributed by atoms with Gasteiger partial charge >= 0.3 is 5.82 Å². The maximum absolute atomic E-state index is 13.3. The number of carbonyl (C=O) groups excluding carboxylic acids is 1. The summed E-state index contributed by atoms with van der Waals surface area (Å²) < 4.78 is 5.85. The molecule has 2 heterocycles. The molecule has 1 aliphatic rings. The van der Waals surface area contributed by atoms with Gasteiger partial charge in [-0.05, 0) is 28.1 Å². The second kappa shape index (κ2) is 7.69. The molecule has 1 aromatic heterocycles. The normalized spacial score (nSPS) is 15.6. The van der Waals surface area contributed by atoms with E-state index < -0.39 is 22.8 Å². The first-order valence-corrected chi connectivity index (χ1v) is 9.32. The molecule has 7 nitrogen and oxygen atoms in total. The van der Waals surface area contributed by atoms with E-state index in [1.807, 2.05) is 6.07 Å². The number of nitro groups is 1. The van der Waals surface area contributed by atoms with Crippen molar-refractivity contribution in [3.8, 4) is 5.75 Å². The van der Waals surface area contributed by atoms with E-state index in [9.17, 15) is 14.9 Å². The van der Waals surface area contributed by atoms with E-state index in [-0.39, 0.29) is 18.1 Å². The summed E-state index contributed by atoms with van der Waals surface area (Å²) in [6, 6.07) is 16.6. The number of hydrogen-bond acceptors (Lipinski definition) is 5. The van der Waals surface area contributed by atoms with Crippen molar-refractivity contribution in [2.24, 2.45) is 0 Å². The number of aromatic nitrogens is 1. The molecule has 0 bridgehead atoms. The average molecular weight is 430 g/mol. The Hall–Kier alpha value is -3.16. The number of fused-ring (bicyclic) bond motifs is 1. The molecular weight excluding hydrogens is 417 g/mol. The van der Waals surface area contributed by atoms with E-state index in [0.717, 1.165) is 0 Å². The molecule has 0 radical (unpaired) electrons. The SMILES string of the molecule is O=C1C(c2ccccc2)Oc2ccc([N+](=O)[O-])nc2N1Cc1c(Cl)cccc1Cl. The van der Waals surface area contributed by atoms with Crippen LogP contribution in [0.2, 0.25) is 10.0 Å². The van der Waals surface area contributed by atoms with Gasteiger partial charge in [-0.15, -0.1) is 0 Å². The van der Waals surface area contributed by atoms with Crippen LogP contribution < -0.4 is 9.64 Å². The molecule has 1 unspecified atom stereocenters. The van der Waals surface area contributed by atoms with Gasteiger partial charge in [0.25, 0.3) is 11.7 Å². The van der Waals surface area contributed by atoms with Gasteiger partial charge in [0, 0.05) is 27.2 Å². The van der Waals surface area contributed by atoms with Crippen LogP contribution in [0.1, 0.15) is 17.2 Å². The maximum atomic E-state index is 13.3. The average Bonchev–Trinajstić information content (AvgIpc) is 2.72. The summed E-state index contributed by atoms with van der Waals surface area (Å²) in [7, 11) is 0. The summed E-state index contributed by atoms with van der Waals surface area (Å²) >= 11 is 12.6. The van der Waals surface area contributed by atoms with Crippen LogP contribution in [-0.2, 0) is 11.3 Å². The Morgan fingerprint density at radius 2 is 1.72 bits per heavy atom. The number of benzene rings is 2. The molecule has 0 fully saturated rings. The Balaban J connectivity index is 1.83. The van der Waals surface area contributed by atoms with E-state index in [4.69, 9.17) is 27.9 Å². The summed E-state index contributed by atoms with van der Waals surface area (Å²) in [6.07, 6.45) is -0.923. The number of nitrogens with zero attached hydrogens (tertiary/aromatic N) is 3. The summed E-state index contributed by atoms with van der Waals surface area (Å²) in [5, 5.41) is 11.9. The van der Waals surface area contributed by atoms with Crippen LogP contribution in [0.3, 0.4) is 0 Å². The molecular formula is C20H13Cl2N3O4. The van der Waals surface area contributed by atoms with E-state index in [1.54, 1.807) is 42.5 Å². The van der Waals surface area contributed by atoms with E-state index in [0.29, 0.717) is 21.2 Å². The van der Waals surface area contributed by atoms with Gasteiger partial charge < -0.3 is 14.9 Å². The smallest absolute Gasteiger partial charge is 0.366 e. The summed E-state index contributed by atoms with van der Waals surface area (Å²) in [6.45, 7) is -0.00873. The van der Waals surface area contributed by atoms with Gasteiger partial charge in [-0.25, -0.2) is 0 Å². The molecule has 9 heteroatoms. The molecule has 1 aliphatic heterocycles. The zero-order chi connectivity index (χ0) is 20.5. The van der Waals surface area contributed by atoms with Crippen molar-refractivity contribution in [1.29, 1.82) is 0 Å². The summed E-state index contributed by atoms with van der Waals surface area (Å²) in [5.41, 5.74) is 1.16. The van der Waals surface area contributed by atoms with Gasteiger partial charge in [-0.3, -0.25) is 9.69 Å². The Labute approximate surface area is 175 Å². The van der Waals surface area contributed by atoms with Gasteiger partial charge in [0.1, 0.15) is 0 Å². The van der Waals surface area contributed by atoms with Gasteiger partial charge in [0.15, 0.2) is 5.75 Å². The molecule has 0 saturated carbocycles. The van der Waals surface area contributed by atoms with Crippen molar-refractivity contribution in [2.75, 3.05) is 4.90 Å². The highest BCUT2D eigenvalue weighted by Gasteiger charge is 2.40. The van der Waals surface area contributed by atoms with Crippen LogP contribution in [0, 0.1) is 10.1 Å². The topological polar surface area (TPSA) is 85.6 Å². The Morgan fingerprint density at radius 3 is 2.38 bits per heavy atom. The van der Waals surface area contributed by atoms with Gasteiger partial charge in [-0.2, -0.15) is 0 Å². The van der Waals surface area contributed by atoms with Crippen molar-refractivity contribution < 1.29 is 14.5 Å². The molecule has 0 N–H and O–H groups in total. The predicted molar refractivity (Wildman–Crippen MR) is 108 cm³/mol. The first-order chi connectivity index (χ1) is 14.0. The molecule has 146 valence electrons. The van der Waals surface area contributed by atoms with Crippen LogP contribution in [-0.4, -0.2) is 15.8 Å². The fourth-order valence-electron chi connectivity index (χ4n) is 3.07. The fourth-order valence-corrected chi connectivity index (χ4v) is 3.59. The Kier molecular flexibility index (Phi) is 5.08. The highest BCUT2D eigenvalue weighted by atomic mass is 35.5. The highest BCUT2D eigenvalue weighted by Crippen LogP contribution is 2.40. The van der Waals surface area contributed by atoms with Gasteiger partial charge in [-0.1, -0.05) is 59.6 Å². The van der Waals surface area contributed by atoms with E-state index in [1.165, 1.54) is 17.0 Å². The maximum Gasteiger partial charge on any atom is 0.366 e. The number of rotatable bonds is 4. The first-order valence-electron chi connectivity index (χ1n) is 8.57. The number of pyridine rings is 1. The van der Waals surface area contributed by atoms with E-state index >= 15 is 0 Å². The fraction of sp³-hybridized carbons (Fsp3) is 0.100. The van der Waals surface area contributed by atoms with Gasteiger partial charge in [0.05, 0.1) is 6.54 Å². The van der Waals surface area contributed by atoms with Crippen molar-refractivity contribution in [2.45, 2.75) is 12.6 Å². The molecule has 0 spiro atoms. The van der Waals surface area contributed by atoms with Crippen LogP contribution in [0.25, 0.3) is 0 Å². The van der Waals surface area contributed by atoms with Crippen molar-refractivity contribution >= 4 is 40.7 Å². The Morgan fingerprint density at radius 1 is 1.03 bits per heavy atom. The lowest BCUT2D eigenvalue weighted by molar-refractivity contribution is -0.389. The number of halogens is 2. The number of ether oxygens (including phenoxy) is 1. The quantitative estimate of drug-likeness (QED) is 0.431. The predicted octanol–water partition coefficient (Wildman–Crippen LogP) is 4.96. The van der Waals surface area contributed by atoms with Crippen molar-refractivity contribution in [3.63, 3.8) is 0 Å². The molecule has 0 saturated heterocycles. The molecule has 2 aromatic carbocycles. The van der Waals surface area contributed by atoms with Crippen LogP contribution in [0.4, 0.5) is 11.6 Å². The number of carbonyl (C=O) groups is 1. The van der Waals surface area contributed by atoms with Crippen molar-refractivity contribution in [3.05, 3.63) is 92.0 Å². The van der Waals surface area contributed by atoms with Crippen molar-refractivity contribution in [1.82, 2.24) is 4.98 Å². The molecule has 4 rings (SSSR count). The third-order valence-electron chi connectivity index (χ3n) is 4.48. The molecule has 29 heavy (non-hydrogen) atoms. The summed E-state index contributed by atoms with van der Waals surface area (Å²) in [5.74, 6) is -0.513. The van der Waals surface area contributed by atoms with Gasteiger partial charge in [0.2, 0.25) is 6.10 Å². The van der Waals surface area contributed by atoms with E-state index in [2.05, 4.69) is 4.98 Å².